The summed E-state index contributed by atoms with van der Waals surface area (Å²) in [5, 5.41) is 6.61. The lowest BCUT2D eigenvalue weighted by Crippen LogP contribution is -2.03. The maximum absolute atomic E-state index is 4.59. The van der Waals surface area contributed by atoms with E-state index in [-0.39, 0.29) is 0 Å². The Morgan fingerprint density at radius 3 is 2.00 bits per heavy atom. The van der Waals surface area contributed by atoms with Gasteiger partial charge in [0.1, 0.15) is 5.82 Å². The van der Waals surface area contributed by atoms with Crippen LogP contribution in [-0.4, -0.2) is 9.97 Å². The van der Waals surface area contributed by atoms with Crippen molar-refractivity contribution in [3.63, 3.8) is 0 Å². The molecule has 23 heavy (non-hydrogen) atoms. The van der Waals surface area contributed by atoms with Crippen LogP contribution in [0.25, 0.3) is 0 Å². The average Bonchev–Trinajstić information content (AvgIpc) is 2.51. The first-order chi connectivity index (χ1) is 11.1. The first kappa shape index (κ1) is 15.0. The highest BCUT2D eigenvalue weighted by atomic mass is 15.1. The molecular formula is C19H20N4. The maximum atomic E-state index is 4.59. The van der Waals surface area contributed by atoms with Crippen molar-refractivity contribution in [1.29, 1.82) is 0 Å². The van der Waals surface area contributed by atoms with Crippen molar-refractivity contribution < 1.29 is 0 Å². The van der Waals surface area contributed by atoms with E-state index >= 15 is 0 Å². The van der Waals surface area contributed by atoms with Gasteiger partial charge >= 0.3 is 0 Å². The molecule has 4 nitrogen and oxygen atoms in total. The van der Waals surface area contributed by atoms with Gasteiger partial charge in [-0.1, -0.05) is 24.3 Å². The van der Waals surface area contributed by atoms with Gasteiger partial charge in [-0.2, -0.15) is 4.98 Å². The first-order valence-electron chi connectivity index (χ1n) is 7.61. The van der Waals surface area contributed by atoms with E-state index < -0.39 is 0 Å². The van der Waals surface area contributed by atoms with E-state index in [9.17, 15) is 0 Å². The molecule has 0 saturated carbocycles. The topological polar surface area (TPSA) is 49.8 Å². The van der Waals surface area contributed by atoms with Crippen LogP contribution in [0.3, 0.4) is 0 Å². The second-order valence-electron chi connectivity index (χ2n) is 5.71. The predicted octanol–water partition coefficient (Wildman–Crippen LogP) is 4.89. The molecule has 0 radical (unpaired) electrons. The molecule has 116 valence electrons. The molecule has 4 heteroatoms. The minimum Gasteiger partial charge on any atom is -0.340 e. The Morgan fingerprint density at radius 1 is 0.783 bits per heavy atom. The van der Waals surface area contributed by atoms with Crippen LogP contribution < -0.4 is 10.6 Å². The molecule has 0 aliphatic heterocycles. The predicted molar refractivity (Wildman–Crippen MR) is 95.7 cm³/mol. The Morgan fingerprint density at radius 2 is 1.39 bits per heavy atom. The van der Waals surface area contributed by atoms with Crippen LogP contribution in [0.1, 0.15) is 16.7 Å². The van der Waals surface area contributed by atoms with Crippen LogP contribution in [0.15, 0.2) is 54.7 Å². The van der Waals surface area contributed by atoms with Gasteiger partial charge in [0.2, 0.25) is 5.95 Å². The van der Waals surface area contributed by atoms with E-state index in [1.54, 1.807) is 0 Å². The minimum atomic E-state index is 0.580. The molecule has 0 amide bonds. The zero-order valence-electron chi connectivity index (χ0n) is 13.6. The summed E-state index contributed by atoms with van der Waals surface area (Å²) in [4.78, 5) is 8.95. The summed E-state index contributed by atoms with van der Waals surface area (Å²) in [5.41, 5.74) is 5.41. The molecule has 3 aromatic rings. The molecule has 0 unspecified atom stereocenters. The zero-order chi connectivity index (χ0) is 16.2. The third-order valence-electron chi connectivity index (χ3n) is 3.53. The quantitative estimate of drug-likeness (QED) is 0.720. The van der Waals surface area contributed by atoms with E-state index in [0.717, 1.165) is 22.8 Å². The zero-order valence-corrected chi connectivity index (χ0v) is 13.6. The summed E-state index contributed by atoms with van der Waals surface area (Å²) in [7, 11) is 0. The fourth-order valence-electron chi connectivity index (χ4n) is 2.34. The summed E-state index contributed by atoms with van der Waals surface area (Å²) in [5.74, 6) is 1.39. The molecule has 0 aliphatic carbocycles. The van der Waals surface area contributed by atoms with Gasteiger partial charge in [-0.25, -0.2) is 4.98 Å². The minimum absolute atomic E-state index is 0.580. The molecule has 0 saturated heterocycles. The standard InChI is InChI=1S/C19H20N4/c1-13-6-4-8-16(10-13)21-18-15(3)12-20-19(23-18)22-17-9-5-7-14(2)11-17/h4-12H,1-3H3,(H2,20,21,22,23). The van der Waals surface area contributed by atoms with Crippen molar-refractivity contribution in [2.24, 2.45) is 0 Å². The van der Waals surface area contributed by atoms with Crippen molar-refractivity contribution >= 4 is 23.1 Å². The van der Waals surface area contributed by atoms with Gasteiger partial charge in [-0.3, -0.25) is 0 Å². The maximum Gasteiger partial charge on any atom is 0.229 e. The number of nitrogens with zero attached hydrogens (tertiary/aromatic N) is 2. The number of benzene rings is 2. The smallest absolute Gasteiger partial charge is 0.229 e. The highest BCUT2D eigenvalue weighted by Gasteiger charge is 2.05. The van der Waals surface area contributed by atoms with Gasteiger partial charge in [-0.05, 0) is 56.2 Å². The molecular weight excluding hydrogens is 284 g/mol. The summed E-state index contributed by atoms with van der Waals surface area (Å²) in [6, 6.07) is 16.4. The Kier molecular flexibility index (Phi) is 4.24. The van der Waals surface area contributed by atoms with E-state index in [1.165, 1.54) is 11.1 Å². The third kappa shape index (κ3) is 3.86. The molecule has 0 spiro atoms. The van der Waals surface area contributed by atoms with Crippen molar-refractivity contribution in [2.75, 3.05) is 10.6 Å². The van der Waals surface area contributed by atoms with Crippen LogP contribution in [0.2, 0.25) is 0 Å². The largest absolute Gasteiger partial charge is 0.340 e. The number of nitrogens with one attached hydrogen (secondary N) is 2. The molecule has 1 aromatic heterocycles. The van der Waals surface area contributed by atoms with Crippen LogP contribution >= 0.6 is 0 Å². The van der Waals surface area contributed by atoms with Crippen LogP contribution in [0.4, 0.5) is 23.1 Å². The van der Waals surface area contributed by atoms with Crippen molar-refractivity contribution in [1.82, 2.24) is 9.97 Å². The second kappa shape index (κ2) is 6.48. The number of rotatable bonds is 4. The van der Waals surface area contributed by atoms with Crippen LogP contribution in [-0.2, 0) is 0 Å². The van der Waals surface area contributed by atoms with E-state index in [1.807, 2.05) is 37.4 Å². The van der Waals surface area contributed by atoms with Crippen molar-refractivity contribution in [2.45, 2.75) is 20.8 Å². The lowest BCUT2D eigenvalue weighted by Gasteiger charge is -2.11. The highest BCUT2D eigenvalue weighted by molar-refractivity contribution is 5.62. The number of anilines is 4. The fourth-order valence-corrected chi connectivity index (χ4v) is 2.34. The highest BCUT2D eigenvalue weighted by Crippen LogP contribution is 2.21. The van der Waals surface area contributed by atoms with Crippen molar-refractivity contribution in [3.8, 4) is 0 Å². The Bertz CT molecular complexity index is 827. The molecule has 0 aliphatic rings. The Balaban J connectivity index is 1.84. The van der Waals surface area contributed by atoms with Gasteiger partial charge in [0.15, 0.2) is 0 Å². The van der Waals surface area contributed by atoms with Gasteiger partial charge in [0.25, 0.3) is 0 Å². The van der Waals surface area contributed by atoms with Crippen molar-refractivity contribution in [3.05, 3.63) is 71.4 Å². The molecule has 2 aromatic carbocycles. The number of aryl methyl sites for hydroxylation is 3. The Hall–Kier alpha value is -2.88. The molecule has 2 N–H and O–H groups in total. The number of aromatic nitrogens is 2. The van der Waals surface area contributed by atoms with E-state index in [0.29, 0.717) is 5.95 Å². The summed E-state index contributed by atoms with van der Waals surface area (Å²) < 4.78 is 0. The number of hydrogen-bond donors (Lipinski definition) is 2. The van der Waals surface area contributed by atoms with E-state index in [4.69, 9.17) is 0 Å². The Labute approximate surface area is 136 Å². The third-order valence-corrected chi connectivity index (χ3v) is 3.53. The molecule has 1 heterocycles. The lowest BCUT2D eigenvalue weighted by atomic mass is 10.2. The van der Waals surface area contributed by atoms with Gasteiger partial charge in [0.05, 0.1) is 0 Å². The van der Waals surface area contributed by atoms with Crippen LogP contribution in [0, 0.1) is 20.8 Å². The normalized spacial score (nSPS) is 10.4. The summed E-state index contributed by atoms with van der Waals surface area (Å²) >= 11 is 0. The second-order valence-corrected chi connectivity index (χ2v) is 5.71. The SMILES string of the molecule is Cc1cccc(Nc2ncc(C)c(Nc3cccc(C)c3)n2)c1. The molecule has 0 fully saturated rings. The van der Waals surface area contributed by atoms with E-state index in [2.05, 4.69) is 58.7 Å². The summed E-state index contributed by atoms with van der Waals surface area (Å²) in [6.45, 7) is 6.13. The fraction of sp³-hybridized carbons (Fsp3) is 0.158. The lowest BCUT2D eigenvalue weighted by molar-refractivity contribution is 1.13. The monoisotopic (exact) mass is 304 g/mol. The van der Waals surface area contributed by atoms with Gasteiger partial charge < -0.3 is 10.6 Å². The molecule has 0 bridgehead atoms. The molecule has 0 atom stereocenters. The molecule has 3 rings (SSSR count). The van der Waals surface area contributed by atoms with Gasteiger partial charge in [-0.15, -0.1) is 0 Å². The number of hydrogen-bond acceptors (Lipinski definition) is 4. The van der Waals surface area contributed by atoms with Gasteiger partial charge in [0, 0.05) is 23.1 Å². The summed E-state index contributed by atoms with van der Waals surface area (Å²) in [6.07, 6.45) is 1.82. The first-order valence-corrected chi connectivity index (χ1v) is 7.61. The average molecular weight is 304 g/mol. The van der Waals surface area contributed by atoms with Crippen LogP contribution in [0.5, 0.6) is 0 Å².